The van der Waals surface area contributed by atoms with Crippen LogP contribution >= 0.6 is 11.8 Å². The summed E-state index contributed by atoms with van der Waals surface area (Å²) in [6, 6.07) is 16.7. The van der Waals surface area contributed by atoms with Crippen molar-refractivity contribution >= 4 is 34.3 Å². The zero-order chi connectivity index (χ0) is 14.8. The van der Waals surface area contributed by atoms with Crippen LogP contribution in [0.2, 0.25) is 0 Å². The molecule has 1 fully saturated rings. The van der Waals surface area contributed by atoms with Gasteiger partial charge in [0.05, 0.1) is 5.69 Å². The SMILES string of the molecule is Cc1ccc(N[C@H]2SC(=O)N(c3ccccc3)C2=O)cc1. The van der Waals surface area contributed by atoms with Gasteiger partial charge in [-0.05, 0) is 43.0 Å². The molecular weight excluding hydrogens is 284 g/mol. The Morgan fingerprint density at radius 1 is 1.00 bits per heavy atom. The maximum atomic E-state index is 12.4. The number of amides is 2. The van der Waals surface area contributed by atoms with E-state index in [1.807, 2.05) is 37.3 Å². The van der Waals surface area contributed by atoms with Gasteiger partial charge in [-0.2, -0.15) is 0 Å². The Labute approximate surface area is 127 Å². The monoisotopic (exact) mass is 298 g/mol. The minimum Gasteiger partial charge on any atom is -0.365 e. The number of aryl methyl sites for hydroxylation is 1. The van der Waals surface area contributed by atoms with Crippen LogP contribution in [-0.4, -0.2) is 16.5 Å². The van der Waals surface area contributed by atoms with Crippen molar-refractivity contribution in [3.63, 3.8) is 0 Å². The molecule has 1 N–H and O–H groups in total. The summed E-state index contributed by atoms with van der Waals surface area (Å²) in [6.45, 7) is 2.00. The number of anilines is 2. The van der Waals surface area contributed by atoms with E-state index in [4.69, 9.17) is 0 Å². The van der Waals surface area contributed by atoms with Gasteiger partial charge >= 0.3 is 0 Å². The third kappa shape index (κ3) is 2.78. The maximum Gasteiger partial charge on any atom is 0.295 e. The van der Waals surface area contributed by atoms with Crippen molar-refractivity contribution in [1.29, 1.82) is 0 Å². The fourth-order valence-corrected chi connectivity index (χ4v) is 3.02. The number of benzene rings is 2. The van der Waals surface area contributed by atoms with Crippen molar-refractivity contribution in [2.24, 2.45) is 0 Å². The third-order valence-electron chi connectivity index (χ3n) is 3.21. The lowest BCUT2D eigenvalue weighted by Crippen LogP contribution is -2.34. The molecule has 0 radical (unpaired) electrons. The number of carbonyl (C=O) groups is 2. The Morgan fingerprint density at radius 2 is 1.67 bits per heavy atom. The van der Waals surface area contributed by atoms with Crippen LogP contribution in [0, 0.1) is 6.92 Å². The fraction of sp³-hybridized carbons (Fsp3) is 0.125. The van der Waals surface area contributed by atoms with Crippen LogP contribution in [0.4, 0.5) is 16.2 Å². The van der Waals surface area contributed by atoms with Crippen LogP contribution in [0.3, 0.4) is 0 Å². The quantitative estimate of drug-likeness (QED) is 0.940. The summed E-state index contributed by atoms with van der Waals surface area (Å²) in [5.41, 5.74) is 2.58. The van der Waals surface area contributed by atoms with Gasteiger partial charge in [0.15, 0.2) is 5.37 Å². The molecule has 5 heteroatoms. The van der Waals surface area contributed by atoms with Gasteiger partial charge in [0.1, 0.15) is 0 Å². The van der Waals surface area contributed by atoms with E-state index in [2.05, 4.69) is 5.32 Å². The van der Waals surface area contributed by atoms with E-state index in [0.717, 1.165) is 23.0 Å². The second-order valence-corrected chi connectivity index (χ2v) is 5.84. The van der Waals surface area contributed by atoms with E-state index < -0.39 is 5.37 Å². The van der Waals surface area contributed by atoms with Gasteiger partial charge in [-0.3, -0.25) is 9.59 Å². The van der Waals surface area contributed by atoms with Crippen molar-refractivity contribution < 1.29 is 9.59 Å². The minimum absolute atomic E-state index is 0.239. The predicted octanol–water partition coefficient (Wildman–Crippen LogP) is 3.63. The molecule has 0 bridgehead atoms. The molecule has 0 aliphatic carbocycles. The number of para-hydroxylation sites is 1. The zero-order valence-electron chi connectivity index (χ0n) is 11.4. The molecule has 2 aromatic carbocycles. The fourth-order valence-electron chi connectivity index (χ4n) is 2.11. The van der Waals surface area contributed by atoms with Crippen molar-refractivity contribution in [3.05, 3.63) is 60.2 Å². The van der Waals surface area contributed by atoms with Gasteiger partial charge in [0.25, 0.3) is 11.1 Å². The number of nitrogens with one attached hydrogen (secondary N) is 1. The summed E-state index contributed by atoms with van der Waals surface area (Å²) in [5.74, 6) is -0.239. The molecule has 0 spiro atoms. The van der Waals surface area contributed by atoms with Crippen molar-refractivity contribution in [2.75, 3.05) is 10.2 Å². The first kappa shape index (κ1) is 13.7. The lowest BCUT2D eigenvalue weighted by atomic mass is 10.2. The first-order chi connectivity index (χ1) is 10.1. The average molecular weight is 298 g/mol. The molecule has 1 saturated heterocycles. The normalized spacial score (nSPS) is 18.1. The Hall–Kier alpha value is -2.27. The van der Waals surface area contributed by atoms with E-state index in [0.29, 0.717) is 5.69 Å². The zero-order valence-corrected chi connectivity index (χ0v) is 12.3. The number of nitrogens with zero attached hydrogens (tertiary/aromatic N) is 1. The average Bonchev–Trinajstić information content (AvgIpc) is 2.77. The molecule has 2 amide bonds. The number of imide groups is 1. The van der Waals surface area contributed by atoms with Crippen molar-refractivity contribution in [1.82, 2.24) is 0 Å². The molecule has 0 unspecified atom stereocenters. The summed E-state index contributed by atoms with van der Waals surface area (Å²) in [7, 11) is 0. The molecule has 3 rings (SSSR count). The molecule has 1 atom stereocenters. The number of thioether (sulfide) groups is 1. The molecule has 1 heterocycles. The van der Waals surface area contributed by atoms with Crippen LogP contribution in [0.5, 0.6) is 0 Å². The highest BCUT2D eigenvalue weighted by Gasteiger charge is 2.40. The minimum atomic E-state index is -0.583. The van der Waals surface area contributed by atoms with Gasteiger partial charge in [-0.25, -0.2) is 4.90 Å². The van der Waals surface area contributed by atoms with Gasteiger partial charge in [0, 0.05) is 5.69 Å². The highest BCUT2D eigenvalue weighted by molar-refractivity contribution is 8.16. The smallest absolute Gasteiger partial charge is 0.295 e. The Kier molecular flexibility index (Phi) is 3.66. The van der Waals surface area contributed by atoms with Gasteiger partial charge in [-0.1, -0.05) is 35.9 Å². The van der Waals surface area contributed by atoms with Crippen LogP contribution in [-0.2, 0) is 4.79 Å². The maximum absolute atomic E-state index is 12.4. The molecule has 1 aliphatic heterocycles. The molecule has 106 valence electrons. The van der Waals surface area contributed by atoms with Gasteiger partial charge in [-0.15, -0.1) is 0 Å². The highest BCUT2D eigenvalue weighted by Crippen LogP contribution is 2.32. The van der Waals surface area contributed by atoms with Crippen LogP contribution in [0.1, 0.15) is 5.56 Å². The van der Waals surface area contributed by atoms with Gasteiger partial charge in [0.2, 0.25) is 0 Å². The second kappa shape index (κ2) is 5.61. The summed E-state index contributed by atoms with van der Waals surface area (Å²) in [5, 5.41) is 2.26. The predicted molar refractivity (Wildman–Crippen MR) is 85.5 cm³/mol. The van der Waals surface area contributed by atoms with E-state index >= 15 is 0 Å². The summed E-state index contributed by atoms with van der Waals surface area (Å²) in [6.07, 6.45) is 0. The summed E-state index contributed by atoms with van der Waals surface area (Å²) in [4.78, 5) is 25.7. The molecule has 2 aromatic rings. The number of hydrogen-bond donors (Lipinski definition) is 1. The second-order valence-electron chi connectivity index (χ2n) is 4.78. The molecule has 0 saturated carbocycles. The van der Waals surface area contributed by atoms with E-state index in [-0.39, 0.29) is 11.1 Å². The standard InChI is InChI=1S/C16H14N2O2S/c1-11-7-9-12(10-8-11)17-14-15(19)18(16(20)21-14)13-5-3-2-4-6-13/h2-10,14,17H,1H3/t14-/m0/s1. The number of rotatable bonds is 3. The summed E-state index contributed by atoms with van der Waals surface area (Å²) < 4.78 is 0. The van der Waals surface area contributed by atoms with Crippen LogP contribution in [0.25, 0.3) is 0 Å². The first-order valence-electron chi connectivity index (χ1n) is 6.58. The van der Waals surface area contributed by atoms with E-state index in [1.54, 1.807) is 24.3 Å². The largest absolute Gasteiger partial charge is 0.365 e. The summed E-state index contributed by atoms with van der Waals surface area (Å²) >= 11 is 1.00. The molecule has 4 nitrogen and oxygen atoms in total. The first-order valence-corrected chi connectivity index (χ1v) is 7.46. The van der Waals surface area contributed by atoms with Crippen molar-refractivity contribution in [2.45, 2.75) is 12.3 Å². The Balaban J connectivity index is 1.79. The lowest BCUT2D eigenvalue weighted by Gasteiger charge is -2.14. The Morgan fingerprint density at radius 3 is 2.33 bits per heavy atom. The van der Waals surface area contributed by atoms with Crippen LogP contribution in [0.15, 0.2) is 54.6 Å². The molecule has 0 aromatic heterocycles. The highest BCUT2D eigenvalue weighted by atomic mass is 32.2. The molecule has 1 aliphatic rings. The topological polar surface area (TPSA) is 49.4 Å². The lowest BCUT2D eigenvalue weighted by molar-refractivity contribution is -0.116. The van der Waals surface area contributed by atoms with E-state index in [9.17, 15) is 9.59 Å². The number of hydrogen-bond acceptors (Lipinski definition) is 4. The molecule has 21 heavy (non-hydrogen) atoms. The third-order valence-corrected chi connectivity index (χ3v) is 4.15. The number of carbonyl (C=O) groups excluding carboxylic acids is 2. The van der Waals surface area contributed by atoms with Crippen molar-refractivity contribution in [3.8, 4) is 0 Å². The van der Waals surface area contributed by atoms with Crippen LogP contribution < -0.4 is 10.2 Å². The van der Waals surface area contributed by atoms with E-state index in [1.165, 1.54) is 4.90 Å². The Bertz CT molecular complexity index is 670. The van der Waals surface area contributed by atoms with Gasteiger partial charge < -0.3 is 5.32 Å². The molecular formula is C16H14N2O2S.